The average molecular weight is 236 g/mol. The fraction of sp³-hybridized carbons (Fsp3) is 0.667. The number of piperidine rings is 1. The number of H-pyrrole nitrogens is 1. The van der Waals surface area contributed by atoms with Crippen LogP contribution in [0.15, 0.2) is 6.07 Å². The van der Waals surface area contributed by atoms with Crippen molar-refractivity contribution in [3.8, 4) is 0 Å². The molecule has 1 unspecified atom stereocenters. The maximum Gasteiger partial charge on any atom is 0.228 e. The van der Waals surface area contributed by atoms with Crippen LogP contribution in [0.1, 0.15) is 24.2 Å². The SMILES string of the molecule is CNC1CCCN(C(=O)Cc2cc(C)[nH]n2)C1. The quantitative estimate of drug-likeness (QED) is 0.802. The maximum atomic E-state index is 12.1. The molecule has 0 saturated carbocycles. The summed E-state index contributed by atoms with van der Waals surface area (Å²) in [5, 5.41) is 10.2. The van der Waals surface area contributed by atoms with Gasteiger partial charge in [0.2, 0.25) is 5.91 Å². The minimum absolute atomic E-state index is 0.177. The summed E-state index contributed by atoms with van der Waals surface area (Å²) < 4.78 is 0. The highest BCUT2D eigenvalue weighted by atomic mass is 16.2. The molecule has 1 aromatic rings. The van der Waals surface area contributed by atoms with Crippen LogP contribution in [0.3, 0.4) is 0 Å². The van der Waals surface area contributed by atoms with Crippen LogP contribution in [0.4, 0.5) is 0 Å². The Labute approximate surface area is 102 Å². The number of likely N-dealkylation sites (tertiary alicyclic amines) is 1. The van der Waals surface area contributed by atoms with Crippen molar-refractivity contribution in [1.29, 1.82) is 0 Å². The highest BCUT2D eigenvalue weighted by Gasteiger charge is 2.22. The highest BCUT2D eigenvalue weighted by molar-refractivity contribution is 5.78. The number of hydrogen-bond acceptors (Lipinski definition) is 3. The lowest BCUT2D eigenvalue weighted by molar-refractivity contribution is -0.131. The Morgan fingerprint density at radius 1 is 1.71 bits per heavy atom. The second kappa shape index (κ2) is 5.31. The summed E-state index contributed by atoms with van der Waals surface area (Å²) in [5.74, 6) is 0.177. The zero-order valence-corrected chi connectivity index (χ0v) is 10.5. The van der Waals surface area contributed by atoms with Gasteiger partial charge in [0.05, 0.1) is 12.1 Å². The van der Waals surface area contributed by atoms with Crippen molar-refractivity contribution < 1.29 is 4.79 Å². The first-order valence-corrected chi connectivity index (χ1v) is 6.15. The van der Waals surface area contributed by atoms with Crippen LogP contribution in [0.5, 0.6) is 0 Å². The van der Waals surface area contributed by atoms with Gasteiger partial charge in [-0.25, -0.2) is 0 Å². The molecule has 1 saturated heterocycles. The minimum atomic E-state index is 0.177. The topological polar surface area (TPSA) is 61.0 Å². The number of nitrogens with zero attached hydrogens (tertiary/aromatic N) is 2. The molecule has 0 bridgehead atoms. The van der Waals surface area contributed by atoms with E-state index in [-0.39, 0.29) is 5.91 Å². The second-order valence-electron chi connectivity index (χ2n) is 4.69. The van der Waals surface area contributed by atoms with Crippen LogP contribution in [-0.4, -0.2) is 47.2 Å². The van der Waals surface area contributed by atoms with E-state index < -0.39 is 0 Å². The van der Waals surface area contributed by atoms with Gasteiger partial charge in [0.1, 0.15) is 0 Å². The van der Waals surface area contributed by atoms with Gasteiger partial charge in [-0.2, -0.15) is 5.10 Å². The van der Waals surface area contributed by atoms with Crippen molar-refractivity contribution >= 4 is 5.91 Å². The third-order valence-corrected chi connectivity index (χ3v) is 3.27. The lowest BCUT2D eigenvalue weighted by atomic mass is 10.1. The Morgan fingerprint density at radius 3 is 3.18 bits per heavy atom. The zero-order valence-electron chi connectivity index (χ0n) is 10.5. The summed E-state index contributed by atoms with van der Waals surface area (Å²) in [6, 6.07) is 2.37. The third kappa shape index (κ3) is 3.06. The highest BCUT2D eigenvalue weighted by Crippen LogP contribution is 2.11. The fourth-order valence-corrected chi connectivity index (χ4v) is 2.27. The number of aromatic nitrogens is 2. The van der Waals surface area contributed by atoms with E-state index in [2.05, 4.69) is 15.5 Å². The molecular weight excluding hydrogens is 216 g/mol. The molecule has 17 heavy (non-hydrogen) atoms. The molecule has 2 N–H and O–H groups in total. The zero-order chi connectivity index (χ0) is 12.3. The monoisotopic (exact) mass is 236 g/mol. The van der Waals surface area contributed by atoms with Crippen molar-refractivity contribution in [3.63, 3.8) is 0 Å². The number of amides is 1. The van der Waals surface area contributed by atoms with Crippen LogP contribution in [0.2, 0.25) is 0 Å². The number of carbonyl (C=O) groups excluding carboxylic acids is 1. The van der Waals surface area contributed by atoms with E-state index in [4.69, 9.17) is 0 Å². The normalized spacial score (nSPS) is 20.6. The van der Waals surface area contributed by atoms with Crippen molar-refractivity contribution in [2.45, 2.75) is 32.2 Å². The Kier molecular flexibility index (Phi) is 3.78. The first kappa shape index (κ1) is 12.1. The molecule has 1 aliphatic rings. The average Bonchev–Trinajstić information content (AvgIpc) is 2.75. The molecule has 2 rings (SSSR count). The summed E-state index contributed by atoms with van der Waals surface area (Å²) in [6.45, 7) is 3.64. The number of hydrogen-bond donors (Lipinski definition) is 2. The van der Waals surface area contributed by atoms with Gasteiger partial charge in [0, 0.05) is 24.8 Å². The van der Waals surface area contributed by atoms with Crippen LogP contribution in [-0.2, 0) is 11.2 Å². The molecule has 0 radical (unpaired) electrons. The fourth-order valence-electron chi connectivity index (χ4n) is 2.27. The lowest BCUT2D eigenvalue weighted by Crippen LogP contribution is -2.47. The number of nitrogens with one attached hydrogen (secondary N) is 2. The summed E-state index contributed by atoms with van der Waals surface area (Å²) in [6.07, 6.45) is 2.64. The van der Waals surface area contributed by atoms with E-state index in [9.17, 15) is 4.79 Å². The van der Waals surface area contributed by atoms with E-state index in [0.29, 0.717) is 12.5 Å². The van der Waals surface area contributed by atoms with Crippen LogP contribution in [0, 0.1) is 6.92 Å². The van der Waals surface area contributed by atoms with Gasteiger partial charge in [-0.15, -0.1) is 0 Å². The number of rotatable bonds is 3. The van der Waals surface area contributed by atoms with Gasteiger partial charge in [-0.1, -0.05) is 0 Å². The Morgan fingerprint density at radius 2 is 2.53 bits per heavy atom. The van der Waals surface area contributed by atoms with Gasteiger partial charge < -0.3 is 10.2 Å². The molecule has 0 spiro atoms. The van der Waals surface area contributed by atoms with E-state index in [1.807, 2.05) is 24.9 Å². The summed E-state index contributed by atoms with van der Waals surface area (Å²) in [4.78, 5) is 14.0. The van der Waals surface area contributed by atoms with Gasteiger partial charge in [0.15, 0.2) is 0 Å². The van der Waals surface area contributed by atoms with Crippen molar-refractivity contribution in [2.75, 3.05) is 20.1 Å². The predicted octanol–water partition coefficient (Wildman–Crippen LogP) is 0.471. The van der Waals surface area contributed by atoms with Crippen molar-refractivity contribution in [2.24, 2.45) is 0 Å². The van der Waals surface area contributed by atoms with Crippen LogP contribution in [0.25, 0.3) is 0 Å². The van der Waals surface area contributed by atoms with Crippen LogP contribution < -0.4 is 5.32 Å². The van der Waals surface area contributed by atoms with E-state index in [1.54, 1.807) is 0 Å². The van der Waals surface area contributed by atoms with Gasteiger partial charge >= 0.3 is 0 Å². The number of aryl methyl sites for hydroxylation is 1. The number of carbonyl (C=O) groups is 1. The molecule has 0 aromatic carbocycles. The number of likely N-dealkylation sites (N-methyl/N-ethyl adjacent to an activating group) is 1. The van der Waals surface area contributed by atoms with Gasteiger partial charge in [-0.05, 0) is 32.9 Å². The second-order valence-corrected chi connectivity index (χ2v) is 4.69. The summed E-state index contributed by atoms with van der Waals surface area (Å²) in [7, 11) is 1.95. The molecule has 0 aliphatic carbocycles. The number of aromatic amines is 1. The van der Waals surface area contributed by atoms with Crippen molar-refractivity contribution in [3.05, 3.63) is 17.5 Å². The predicted molar refractivity (Wildman–Crippen MR) is 65.7 cm³/mol. The first-order chi connectivity index (χ1) is 8.19. The Hall–Kier alpha value is -1.36. The van der Waals surface area contributed by atoms with E-state index in [0.717, 1.165) is 37.3 Å². The molecule has 2 heterocycles. The third-order valence-electron chi connectivity index (χ3n) is 3.27. The lowest BCUT2D eigenvalue weighted by Gasteiger charge is -2.32. The van der Waals surface area contributed by atoms with E-state index >= 15 is 0 Å². The molecule has 1 fully saturated rings. The molecule has 94 valence electrons. The van der Waals surface area contributed by atoms with Gasteiger partial charge in [0.25, 0.3) is 0 Å². The maximum absolute atomic E-state index is 12.1. The largest absolute Gasteiger partial charge is 0.341 e. The summed E-state index contributed by atoms with van der Waals surface area (Å²) in [5.41, 5.74) is 1.83. The minimum Gasteiger partial charge on any atom is -0.341 e. The molecule has 1 atom stereocenters. The molecule has 5 nitrogen and oxygen atoms in total. The molecule has 5 heteroatoms. The first-order valence-electron chi connectivity index (χ1n) is 6.15. The van der Waals surface area contributed by atoms with Crippen molar-refractivity contribution in [1.82, 2.24) is 20.4 Å². The molecule has 1 aromatic heterocycles. The van der Waals surface area contributed by atoms with Gasteiger partial charge in [-0.3, -0.25) is 9.89 Å². The van der Waals surface area contributed by atoms with E-state index in [1.165, 1.54) is 0 Å². The Balaban J connectivity index is 1.91. The summed E-state index contributed by atoms with van der Waals surface area (Å²) >= 11 is 0. The smallest absolute Gasteiger partial charge is 0.228 e. The molecule has 1 aliphatic heterocycles. The van der Waals surface area contributed by atoms with Crippen LogP contribution >= 0.6 is 0 Å². The Bertz CT molecular complexity index is 388. The molecular formula is C12H20N4O. The standard InChI is InChI=1S/C12H20N4O/c1-9-6-11(15-14-9)7-12(17)16-5-3-4-10(8-16)13-2/h6,10,13H,3-5,7-8H2,1-2H3,(H,14,15). The molecule has 1 amide bonds.